The Morgan fingerprint density at radius 2 is 1.63 bits per heavy atom. The number of nitrogens with one attached hydrogen (secondary N) is 1. The minimum atomic E-state index is -0.581. The van der Waals surface area contributed by atoms with Gasteiger partial charge in [0.05, 0.1) is 12.6 Å². The second-order valence-electron chi connectivity index (χ2n) is 8.84. The van der Waals surface area contributed by atoms with Crippen LogP contribution in [0, 0.1) is 5.92 Å². The fourth-order valence-corrected chi connectivity index (χ4v) is 2.76. The van der Waals surface area contributed by atoms with E-state index in [2.05, 4.69) is 19.2 Å². The standard InChI is InChI=1S/C22H45N3O5/c1-8-28-19(29-9-2)16-25(15-13-17(3)4)20(26)18(23)12-10-11-14-24-21(27)30-22(5,6)7/h17-19H,8-16,23H2,1-7H3,(H,24,27)/t18-/m0/s1. The Morgan fingerprint density at radius 3 is 2.13 bits per heavy atom. The molecule has 8 heteroatoms. The lowest BCUT2D eigenvalue weighted by Crippen LogP contribution is -2.48. The molecular weight excluding hydrogens is 386 g/mol. The molecule has 0 aromatic heterocycles. The van der Waals surface area contributed by atoms with E-state index in [0.717, 1.165) is 19.3 Å². The Bertz CT molecular complexity index is 474. The lowest BCUT2D eigenvalue weighted by atomic mass is 10.1. The van der Waals surface area contributed by atoms with Gasteiger partial charge in [-0.2, -0.15) is 0 Å². The van der Waals surface area contributed by atoms with Crippen LogP contribution in [-0.4, -0.2) is 67.7 Å². The van der Waals surface area contributed by atoms with Crippen molar-refractivity contribution < 1.29 is 23.8 Å². The van der Waals surface area contributed by atoms with E-state index in [9.17, 15) is 9.59 Å². The number of hydrogen-bond acceptors (Lipinski definition) is 6. The van der Waals surface area contributed by atoms with Gasteiger partial charge >= 0.3 is 6.09 Å². The molecule has 0 spiro atoms. The molecule has 0 aliphatic heterocycles. The summed E-state index contributed by atoms with van der Waals surface area (Å²) < 4.78 is 16.4. The number of nitrogens with zero attached hydrogens (tertiary/aromatic N) is 1. The summed E-state index contributed by atoms with van der Waals surface area (Å²) in [6.45, 7) is 16.1. The van der Waals surface area contributed by atoms with Crippen molar-refractivity contribution in [3.8, 4) is 0 Å². The van der Waals surface area contributed by atoms with Gasteiger partial charge in [0, 0.05) is 26.3 Å². The Kier molecular flexibility index (Phi) is 14.7. The lowest BCUT2D eigenvalue weighted by molar-refractivity contribution is -0.159. The summed E-state index contributed by atoms with van der Waals surface area (Å²) in [5.41, 5.74) is 5.67. The normalized spacial score (nSPS) is 12.9. The number of carbonyl (C=O) groups excluding carboxylic acids is 2. The monoisotopic (exact) mass is 431 g/mol. The maximum Gasteiger partial charge on any atom is 0.407 e. The molecule has 0 saturated heterocycles. The van der Waals surface area contributed by atoms with Crippen LogP contribution in [0.4, 0.5) is 4.79 Å². The third kappa shape index (κ3) is 14.6. The Labute approximate surface area is 183 Å². The summed E-state index contributed by atoms with van der Waals surface area (Å²) >= 11 is 0. The molecule has 30 heavy (non-hydrogen) atoms. The summed E-state index contributed by atoms with van der Waals surface area (Å²) in [5, 5.41) is 2.72. The molecule has 0 aromatic carbocycles. The second-order valence-corrected chi connectivity index (χ2v) is 8.84. The van der Waals surface area contributed by atoms with E-state index in [1.54, 1.807) is 4.90 Å². The van der Waals surface area contributed by atoms with Gasteiger partial charge in [-0.3, -0.25) is 4.79 Å². The minimum Gasteiger partial charge on any atom is -0.444 e. The Morgan fingerprint density at radius 1 is 1.03 bits per heavy atom. The van der Waals surface area contributed by atoms with Crippen molar-refractivity contribution in [2.75, 3.05) is 32.8 Å². The molecule has 2 amide bonds. The fourth-order valence-electron chi connectivity index (χ4n) is 2.76. The van der Waals surface area contributed by atoms with Crippen molar-refractivity contribution in [2.24, 2.45) is 11.7 Å². The summed E-state index contributed by atoms with van der Waals surface area (Å²) in [4.78, 5) is 26.3. The first-order valence-corrected chi connectivity index (χ1v) is 11.2. The highest BCUT2D eigenvalue weighted by atomic mass is 16.7. The molecule has 0 radical (unpaired) electrons. The summed E-state index contributed by atoms with van der Waals surface area (Å²) in [7, 11) is 0. The van der Waals surface area contributed by atoms with Crippen LogP contribution < -0.4 is 11.1 Å². The van der Waals surface area contributed by atoms with Gasteiger partial charge in [0.15, 0.2) is 6.29 Å². The first-order chi connectivity index (χ1) is 14.0. The molecular formula is C22H45N3O5. The smallest absolute Gasteiger partial charge is 0.407 e. The van der Waals surface area contributed by atoms with Crippen LogP contribution >= 0.6 is 0 Å². The average Bonchev–Trinajstić information content (AvgIpc) is 2.62. The van der Waals surface area contributed by atoms with Crippen molar-refractivity contribution in [1.82, 2.24) is 10.2 Å². The number of amides is 2. The van der Waals surface area contributed by atoms with Gasteiger partial charge in [0.2, 0.25) is 5.91 Å². The SMILES string of the molecule is CCOC(CN(CCC(C)C)C(=O)[C@@H](N)CCCCNC(=O)OC(C)(C)C)OCC. The van der Waals surface area contributed by atoms with Gasteiger partial charge in [-0.1, -0.05) is 13.8 Å². The van der Waals surface area contributed by atoms with Crippen LogP contribution in [0.15, 0.2) is 0 Å². The molecule has 0 rings (SSSR count). The summed E-state index contributed by atoms with van der Waals surface area (Å²) in [6, 6.07) is -0.581. The first kappa shape index (κ1) is 28.6. The van der Waals surface area contributed by atoms with E-state index in [1.165, 1.54) is 0 Å². The molecule has 0 aliphatic carbocycles. The number of hydrogen-bond donors (Lipinski definition) is 2. The fraction of sp³-hybridized carbons (Fsp3) is 0.909. The third-order valence-corrected chi connectivity index (χ3v) is 4.29. The zero-order valence-corrected chi connectivity index (χ0v) is 20.2. The van der Waals surface area contributed by atoms with Crippen LogP contribution in [-0.2, 0) is 19.0 Å². The van der Waals surface area contributed by atoms with Crippen molar-refractivity contribution in [1.29, 1.82) is 0 Å². The van der Waals surface area contributed by atoms with Gasteiger partial charge in [0.1, 0.15) is 5.60 Å². The number of carbonyl (C=O) groups is 2. The van der Waals surface area contributed by atoms with E-state index in [0.29, 0.717) is 45.2 Å². The van der Waals surface area contributed by atoms with E-state index >= 15 is 0 Å². The number of alkyl carbamates (subject to hydrolysis) is 1. The molecule has 3 N–H and O–H groups in total. The van der Waals surface area contributed by atoms with E-state index in [4.69, 9.17) is 19.9 Å². The summed E-state index contributed by atoms with van der Waals surface area (Å²) in [6.07, 6.45) is 2.04. The van der Waals surface area contributed by atoms with Crippen LogP contribution in [0.2, 0.25) is 0 Å². The quantitative estimate of drug-likeness (QED) is 0.305. The number of ether oxygens (including phenoxy) is 3. The topological polar surface area (TPSA) is 103 Å². The molecule has 0 bridgehead atoms. The van der Waals surface area contributed by atoms with Gasteiger partial charge in [-0.25, -0.2) is 4.79 Å². The molecule has 0 fully saturated rings. The maximum atomic E-state index is 12.9. The van der Waals surface area contributed by atoms with Gasteiger partial charge in [-0.15, -0.1) is 0 Å². The minimum absolute atomic E-state index is 0.0832. The van der Waals surface area contributed by atoms with E-state index in [-0.39, 0.29) is 5.91 Å². The van der Waals surface area contributed by atoms with Crippen LogP contribution in [0.5, 0.6) is 0 Å². The molecule has 0 aliphatic rings. The molecule has 8 nitrogen and oxygen atoms in total. The Hall–Kier alpha value is -1.38. The number of rotatable bonds is 15. The van der Waals surface area contributed by atoms with Gasteiger partial charge in [0.25, 0.3) is 0 Å². The lowest BCUT2D eigenvalue weighted by Gasteiger charge is -2.30. The van der Waals surface area contributed by atoms with Gasteiger partial charge in [-0.05, 0) is 66.2 Å². The zero-order chi connectivity index (χ0) is 23.2. The van der Waals surface area contributed by atoms with Crippen molar-refractivity contribution in [3.05, 3.63) is 0 Å². The predicted octanol–water partition coefficient (Wildman–Crippen LogP) is 3.28. The third-order valence-electron chi connectivity index (χ3n) is 4.29. The number of unbranched alkanes of at least 4 members (excludes halogenated alkanes) is 1. The molecule has 178 valence electrons. The molecule has 0 saturated carbocycles. The van der Waals surface area contributed by atoms with E-state index in [1.807, 2.05) is 34.6 Å². The van der Waals surface area contributed by atoms with Gasteiger partial charge < -0.3 is 30.2 Å². The molecule has 0 heterocycles. The highest BCUT2D eigenvalue weighted by molar-refractivity contribution is 5.81. The largest absolute Gasteiger partial charge is 0.444 e. The van der Waals surface area contributed by atoms with Crippen molar-refractivity contribution in [2.45, 2.75) is 92.1 Å². The highest BCUT2D eigenvalue weighted by Gasteiger charge is 2.24. The zero-order valence-electron chi connectivity index (χ0n) is 20.2. The summed E-state index contributed by atoms with van der Waals surface area (Å²) in [5.74, 6) is 0.397. The number of nitrogens with two attached hydrogens (primary N) is 1. The molecule has 0 unspecified atom stereocenters. The van der Waals surface area contributed by atoms with Crippen molar-refractivity contribution in [3.63, 3.8) is 0 Å². The first-order valence-electron chi connectivity index (χ1n) is 11.2. The highest BCUT2D eigenvalue weighted by Crippen LogP contribution is 2.10. The van der Waals surface area contributed by atoms with Crippen LogP contribution in [0.25, 0.3) is 0 Å². The average molecular weight is 432 g/mol. The molecule has 0 aromatic rings. The Balaban J connectivity index is 4.54. The second kappa shape index (κ2) is 15.4. The van der Waals surface area contributed by atoms with E-state index < -0.39 is 24.0 Å². The van der Waals surface area contributed by atoms with Crippen LogP contribution in [0.1, 0.15) is 74.1 Å². The predicted molar refractivity (Wildman–Crippen MR) is 119 cm³/mol. The van der Waals surface area contributed by atoms with Crippen LogP contribution in [0.3, 0.4) is 0 Å². The molecule has 1 atom stereocenters. The van der Waals surface area contributed by atoms with Crippen molar-refractivity contribution >= 4 is 12.0 Å². The maximum absolute atomic E-state index is 12.9.